The Labute approximate surface area is 175 Å². The third-order valence-electron chi connectivity index (χ3n) is 5.09. The lowest BCUT2D eigenvalue weighted by atomic mass is 9.95. The number of nitrogens with one attached hydrogen (secondary N) is 2. The predicted molar refractivity (Wildman–Crippen MR) is 110 cm³/mol. The largest absolute Gasteiger partial charge is 0.373 e. The van der Waals surface area contributed by atoms with Crippen LogP contribution in [0.25, 0.3) is 10.8 Å². The van der Waals surface area contributed by atoms with E-state index in [1.807, 2.05) is 6.07 Å². The van der Waals surface area contributed by atoms with Crippen molar-refractivity contribution in [1.82, 2.24) is 9.88 Å². The minimum atomic E-state index is -0.579. The van der Waals surface area contributed by atoms with E-state index in [1.165, 1.54) is 29.2 Å². The number of halogens is 2. The van der Waals surface area contributed by atoms with Crippen LogP contribution < -0.4 is 10.9 Å². The molecule has 152 valence electrons. The second kappa shape index (κ2) is 7.78. The Morgan fingerprint density at radius 3 is 2.87 bits per heavy atom. The third-order valence-corrected chi connectivity index (χ3v) is 5.38. The van der Waals surface area contributed by atoms with Crippen molar-refractivity contribution in [1.29, 1.82) is 5.26 Å². The van der Waals surface area contributed by atoms with Gasteiger partial charge < -0.3 is 19.9 Å². The standard InChI is InChI=1S/C21H16ClFN4O3/c1-27(21(29)25-12-3-5-16(23)15(22)7-12)18-10-30-9-17-19(18)13-4-2-11(8-24)6-14(13)20(28)26-17/h2-7,18H,9-10H2,1H3,(H,25,29)(H,26,28). The molecule has 0 radical (unpaired) electrons. The molecule has 4 rings (SSSR count). The number of rotatable bonds is 2. The van der Waals surface area contributed by atoms with Gasteiger partial charge in [-0.15, -0.1) is 0 Å². The van der Waals surface area contributed by atoms with Gasteiger partial charge in [-0.2, -0.15) is 5.26 Å². The number of fused-ring (bicyclic) bond motifs is 3. The molecule has 1 aliphatic heterocycles. The van der Waals surface area contributed by atoms with E-state index in [0.717, 1.165) is 5.56 Å². The van der Waals surface area contributed by atoms with Gasteiger partial charge in [0.2, 0.25) is 0 Å². The molecule has 0 saturated carbocycles. The molecule has 9 heteroatoms. The highest BCUT2D eigenvalue weighted by Gasteiger charge is 2.30. The maximum absolute atomic E-state index is 13.4. The number of urea groups is 1. The average molecular weight is 427 g/mol. The van der Waals surface area contributed by atoms with Crippen LogP contribution in [-0.2, 0) is 11.3 Å². The van der Waals surface area contributed by atoms with Gasteiger partial charge in [-0.05, 0) is 35.7 Å². The summed E-state index contributed by atoms with van der Waals surface area (Å²) in [5, 5.41) is 12.8. The van der Waals surface area contributed by atoms with Gasteiger partial charge in [-0.1, -0.05) is 17.7 Å². The van der Waals surface area contributed by atoms with E-state index in [0.29, 0.717) is 27.7 Å². The smallest absolute Gasteiger partial charge is 0.322 e. The Hall–Kier alpha value is -3.41. The SMILES string of the molecule is CN(C(=O)Nc1ccc(F)c(Cl)c1)C1COCc2[nH]c(=O)c3cc(C#N)ccc3c21. The number of likely N-dealkylation sites (N-methyl/N-ethyl adjacent to an activating group) is 1. The fraction of sp³-hybridized carbons (Fsp3) is 0.190. The number of nitriles is 1. The number of pyridine rings is 1. The number of aromatic amines is 1. The van der Waals surface area contributed by atoms with Crippen LogP contribution in [0.5, 0.6) is 0 Å². The molecular weight excluding hydrogens is 411 g/mol. The lowest BCUT2D eigenvalue weighted by Crippen LogP contribution is -2.39. The topological polar surface area (TPSA) is 98.2 Å². The Kier molecular flexibility index (Phi) is 5.16. The molecule has 0 bridgehead atoms. The first-order valence-corrected chi connectivity index (χ1v) is 9.42. The zero-order valence-corrected chi connectivity index (χ0v) is 16.6. The fourth-order valence-corrected chi connectivity index (χ4v) is 3.73. The minimum Gasteiger partial charge on any atom is -0.373 e. The van der Waals surface area contributed by atoms with E-state index in [-0.39, 0.29) is 23.8 Å². The van der Waals surface area contributed by atoms with Crippen LogP contribution in [0.4, 0.5) is 14.9 Å². The van der Waals surface area contributed by atoms with Gasteiger partial charge in [0.05, 0.1) is 35.9 Å². The molecule has 1 aromatic heterocycles. The normalized spacial score (nSPS) is 15.3. The molecule has 0 spiro atoms. The molecule has 7 nitrogen and oxygen atoms in total. The summed E-state index contributed by atoms with van der Waals surface area (Å²) in [7, 11) is 1.60. The van der Waals surface area contributed by atoms with E-state index in [1.54, 1.807) is 19.2 Å². The summed E-state index contributed by atoms with van der Waals surface area (Å²) in [5.74, 6) is -0.579. The van der Waals surface area contributed by atoms with Crippen LogP contribution in [0, 0.1) is 17.1 Å². The number of aromatic nitrogens is 1. The predicted octanol–water partition coefficient (Wildman–Crippen LogP) is 3.93. The number of anilines is 1. The van der Waals surface area contributed by atoms with Crippen LogP contribution in [0.3, 0.4) is 0 Å². The summed E-state index contributed by atoms with van der Waals surface area (Å²) in [6.45, 7) is 0.433. The van der Waals surface area contributed by atoms with Crippen molar-refractivity contribution in [3.05, 3.63) is 74.4 Å². The molecule has 1 atom stereocenters. The average Bonchev–Trinajstić information content (AvgIpc) is 2.75. The molecular formula is C21H16ClFN4O3. The number of carbonyl (C=O) groups is 1. The first kappa shape index (κ1) is 19.9. The van der Waals surface area contributed by atoms with Crippen LogP contribution in [-0.4, -0.2) is 29.6 Å². The zero-order valence-electron chi connectivity index (χ0n) is 15.8. The van der Waals surface area contributed by atoms with Crippen LogP contribution in [0.2, 0.25) is 5.02 Å². The summed E-state index contributed by atoms with van der Waals surface area (Å²) in [6.07, 6.45) is 0. The molecule has 1 unspecified atom stereocenters. The van der Waals surface area contributed by atoms with Gasteiger partial charge in [0.15, 0.2) is 0 Å². The second-order valence-electron chi connectivity index (χ2n) is 6.92. The quantitative estimate of drug-likeness (QED) is 0.648. The van der Waals surface area contributed by atoms with Crippen molar-refractivity contribution in [2.45, 2.75) is 12.6 Å². The second-order valence-corrected chi connectivity index (χ2v) is 7.33. The summed E-state index contributed by atoms with van der Waals surface area (Å²) in [4.78, 5) is 29.6. The molecule has 2 aromatic carbocycles. The molecule has 0 aliphatic carbocycles. The van der Waals surface area contributed by atoms with Crippen molar-refractivity contribution in [2.24, 2.45) is 0 Å². The molecule has 2 heterocycles. The first-order chi connectivity index (χ1) is 14.4. The van der Waals surface area contributed by atoms with E-state index in [9.17, 15) is 14.0 Å². The van der Waals surface area contributed by atoms with Crippen molar-refractivity contribution in [3.8, 4) is 6.07 Å². The summed E-state index contributed by atoms with van der Waals surface area (Å²) in [6, 6.07) is 9.87. The molecule has 0 fully saturated rings. The number of nitrogens with zero attached hydrogens (tertiary/aromatic N) is 2. The Morgan fingerprint density at radius 2 is 2.13 bits per heavy atom. The van der Waals surface area contributed by atoms with Crippen LogP contribution >= 0.6 is 11.6 Å². The molecule has 0 saturated heterocycles. The van der Waals surface area contributed by atoms with E-state index in [2.05, 4.69) is 10.3 Å². The number of hydrogen-bond donors (Lipinski definition) is 2. The highest BCUT2D eigenvalue weighted by Crippen LogP contribution is 2.33. The molecule has 1 aliphatic rings. The molecule has 2 N–H and O–H groups in total. The van der Waals surface area contributed by atoms with Crippen LogP contribution in [0.1, 0.15) is 22.9 Å². The molecule has 3 aromatic rings. The Bertz CT molecular complexity index is 1270. The monoisotopic (exact) mass is 426 g/mol. The fourth-order valence-electron chi connectivity index (χ4n) is 3.55. The number of hydrogen-bond acceptors (Lipinski definition) is 4. The maximum Gasteiger partial charge on any atom is 0.322 e. The lowest BCUT2D eigenvalue weighted by molar-refractivity contribution is 0.0527. The number of amides is 2. The van der Waals surface area contributed by atoms with Crippen LogP contribution in [0.15, 0.2) is 41.2 Å². The lowest BCUT2D eigenvalue weighted by Gasteiger charge is -2.33. The van der Waals surface area contributed by atoms with E-state index < -0.39 is 17.9 Å². The minimum absolute atomic E-state index is 0.0985. The number of H-pyrrole nitrogens is 1. The Balaban J connectivity index is 1.72. The van der Waals surface area contributed by atoms with Gasteiger partial charge in [0.1, 0.15) is 5.82 Å². The summed E-state index contributed by atoms with van der Waals surface area (Å²) < 4.78 is 19.0. The van der Waals surface area contributed by atoms with E-state index in [4.69, 9.17) is 21.6 Å². The van der Waals surface area contributed by atoms with Gasteiger partial charge in [-0.25, -0.2) is 9.18 Å². The number of carbonyl (C=O) groups excluding carboxylic acids is 1. The van der Waals surface area contributed by atoms with Crippen molar-refractivity contribution in [3.63, 3.8) is 0 Å². The van der Waals surface area contributed by atoms with E-state index >= 15 is 0 Å². The highest BCUT2D eigenvalue weighted by molar-refractivity contribution is 6.31. The summed E-state index contributed by atoms with van der Waals surface area (Å²) in [5.41, 5.74) is 1.74. The van der Waals surface area contributed by atoms with Gasteiger partial charge in [-0.3, -0.25) is 4.79 Å². The van der Waals surface area contributed by atoms with Gasteiger partial charge in [0.25, 0.3) is 5.56 Å². The number of benzene rings is 2. The van der Waals surface area contributed by atoms with Crippen molar-refractivity contribution in [2.75, 3.05) is 19.0 Å². The maximum atomic E-state index is 13.4. The first-order valence-electron chi connectivity index (χ1n) is 9.04. The van der Waals surface area contributed by atoms with Crippen molar-refractivity contribution < 1.29 is 13.9 Å². The van der Waals surface area contributed by atoms with Gasteiger partial charge in [0, 0.05) is 29.4 Å². The molecule has 2 amide bonds. The summed E-state index contributed by atoms with van der Waals surface area (Å²) >= 11 is 5.78. The molecule has 30 heavy (non-hydrogen) atoms. The number of ether oxygens (including phenoxy) is 1. The Morgan fingerprint density at radius 1 is 1.33 bits per heavy atom. The highest BCUT2D eigenvalue weighted by atomic mass is 35.5. The zero-order chi connectivity index (χ0) is 21.4. The van der Waals surface area contributed by atoms with Crippen molar-refractivity contribution >= 4 is 34.1 Å². The third kappa shape index (κ3) is 3.49. The van der Waals surface area contributed by atoms with Gasteiger partial charge >= 0.3 is 6.03 Å².